The van der Waals surface area contributed by atoms with E-state index in [9.17, 15) is 9.90 Å². The second-order valence-corrected chi connectivity index (χ2v) is 7.12. The van der Waals surface area contributed by atoms with Crippen molar-refractivity contribution >= 4 is 12.2 Å². The summed E-state index contributed by atoms with van der Waals surface area (Å²) in [6.45, 7) is 2.04. The van der Waals surface area contributed by atoms with Crippen LogP contribution in [-0.2, 0) is 15.2 Å². The molecular formula is C25H26N2O4. The molecule has 0 bridgehead atoms. The van der Waals surface area contributed by atoms with Gasteiger partial charge in [-0.1, -0.05) is 73.1 Å². The Hall–Kier alpha value is -3.67. The third kappa shape index (κ3) is 5.69. The Balaban J connectivity index is 2.04. The van der Waals surface area contributed by atoms with Crippen LogP contribution in [0, 0.1) is 0 Å². The molecule has 0 fully saturated rings. The number of hydrogen-bond donors (Lipinski definition) is 1. The second-order valence-electron chi connectivity index (χ2n) is 7.12. The first kappa shape index (κ1) is 22.0. The van der Waals surface area contributed by atoms with Crippen LogP contribution in [0.25, 0.3) is 0 Å². The molecule has 0 aliphatic rings. The fourth-order valence-electron chi connectivity index (χ4n) is 3.35. The zero-order valence-corrected chi connectivity index (χ0v) is 17.4. The molecule has 0 aliphatic heterocycles. The van der Waals surface area contributed by atoms with Crippen LogP contribution < -0.4 is 4.74 Å². The molecule has 6 heteroatoms. The number of para-hydroxylation sites is 1. The molecule has 6 nitrogen and oxygen atoms in total. The van der Waals surface area contributed by atoms with Gasteiger partial charge in [0.25, 0.3) is 0 Å². The average Bonchev–Trinajstić information content (AvgIpc) is 2.82. The van der Waals surface area contributed by atoms with E-state index in [2.05, 4.69) is 10.1 Å². The maximum absolute atomic E-state index is 12.5. The molecule has 0 radical (unpaired) electrons. The van der Waals surface area contributed by atoms with E-state index in [0.717, 1.165) is 18.4 Å². The van der Waals surface area contributed by atoms with Crippen molar-refractivity contribution < 1.29 is 19.5 Å². The third-order valence-electron chi connectivity index (χ3n) is 4.91. The number of hydrogen-bond acceptors (Lipinski definition) is 5. The van der Waals surface area contributed by atoms with Gasteiger partial charge < -0.3 is 14.7 Å². The molecule has 1 aromatic heterocycles. The molecule has 0 spiro atoms. The van der Waals surface area contributed by atoms with Crippen molar-refractivity contribution in [3.63, 3.8) is 0 Å². The molecule has 2 aromatic carbocycles. The standard InChI is InChI=1S/C25H26N2O4/c1-2-3-16-25(21-12-6-4-7-13-21,31-27-19-20-11-10-17-26-18-20)23(24(28)29)30-22-14-8-5-9-15-22/h4-15,17-19,23H,2-3,16H2,1H3,(H,28,29). The van der Waals surface area contributed by atoms with Crippen LogP contribution in [0.15, 0.2) is 90.3 Å². The number of carboxylic acids is 1. The number of aliphatic carboxylic acids is 1. The highest BCUT2D eigenvalue weighted by atomic mass is 16.7. The highest BCUT2D eigenvalue weighted by Crippen LogP contribution is 2.38. The Morgan fingerprint density at radius 2 is 1.81 bits per heavy atom. The summed E-state index contributed by atoms with van der Waals surface area (Å²) in [6.07, 6.45) is 5.55. The van der Waals surface area contributed by atoms with Crippen molar-refractivity contribution in [3.8, 4) is 5.75 Å². The fraction of sp³-hybridized carbons (Fsp3) is 0.240. The minimum absolute atomic E-state index is 0.418. The number of unbranched alkanes of at least 4 members (excludes halogenated alkanes) is 1. The van der Waals surface area contributed by atoms with E-state index < -0.39 is 17.7 Å². The van der Waals surface area contributed by atoms with E-state index in [1.807, 2.05) is 49.4 Å². The Morgan fingerprint density at radius 3 is 2.42 bits per heavy atom. The van der Waals surface area contributed by atoms with Crippen molar-refractivity contribution in [1.82, 2.24) is 4.98 Å². The van der Waals surface area contributed by atoms with Crippen LogP contribution in [0.4, 0.5) is 0 Å². The van der Waals surface area contributed by atoms with Gasteiger partial charge in [0.05, 0.1) is 6.21 Å². The summed E-state index contributed by atoms with van der Waals surface area (Å²) in [7, 11) is 0. The molecular weight excluding hydrogens is 392 g/mol. The van der Waals surface area contributed by atoms with Crippen molar-refractivity contribution in [2.45, 2.75) is 37.9 Å². The molecule has 3 aromatic rings. The third-order valence-corrected chi connectivity index (χ3v) is 4.91. The first-order valence-electron chi connectivity index (χ1n) is 10.3. The van der Waals surface area contributed by atoms with Crippen molar-refractivity contribution in [3.05, 3.63) is 96.3 Å². The highest BCUT2D eigenvalue weighted by molar-refractivity contribution is 5.78. The monoisotopic (exact) mass is 418 g/mol. The topological polar surface area (TPSA) is 81.0 Å². The lowest BCUT2D eigenvalue weighted by atomic mass is 9.83. The molecule has 160 valence electrons. The van der Waals surface area contributed by atoms with Gasteiger partial charge >= 0.3 is 5.97 Å². The van der Waals surface area contributed by atoms with Gasteiger partial charge in [-0.3, -0.25) is 4.98 Å². The Kier molecular flexibility index (Phi) is 7.76. The van der Waals surface area contributed by atoms with Gasteiger partial charge in [-0.15, -0.1) is 0 Å². The van der Waals surface area contributed by atoms with Crippen molar-refractivity contribution in [2.75, 3.05) is 0 Å². The summed E-state index contributed by atoms with van der Waals surface area (Å²) >= 11 is 0. The lowest BCUT2D eigenvalue weighted by Crippen LogP contribution is -2.49. The van der Waals surface area contributed by atoms with Gasteiger partial charge in [0, 0.05) is 23.5 Å². The molecule has 2 atom stereocenters. The number of nitrogens with zero attached hydrogens (tertiary/aromatic N) is 2. The van der Waals surface area contributed by atoms with Gasteiger partial charge in [0.15, 0.2) is 0 Å². The second kappa shape index (κ2) is 10.9. The molecule has 0 aliphatic carbocycles. The Bertz CT molecular complexity index is 965. The quantitative estimate of drug-likeness (QED) is 0.348. The summed E-state index contributed by atoms with van der Waals surface area (Å²) < 4.78 is 5.98. The number of aromatic nitrogens is 1. The first-order chi connectivity index (χ1) is 15.2. The van der Waals surface area contributed by atoms with E-state index in [4.69, 9.17) is 9.57 Å². The van der Waals surface area contributed by atoms with E-state index in [-0.39, 0.29) is 0 Å². The largest absolute Gasteiger partial charge is 0.478 e. The lowest BCUT2D eigenvalue weighted by Gasteiger charge is -2.36. The number of carbonyl (C=O) groups is 1. The minimum Gasteiger partial charge on any atom is -0.478 e. The predicted molar refractivity (Wildman–Crippen MR) is 119 cm³/mol. The summed E-state index contributed by atoms with van der Waals surface area (Å²) in [5.41, 5.74) is 0.114. The number of oxime groups is 1. The molecule has 31 heavy (non-hydrogen) atoms. The summed E-state index contributed by atoms with van der Waals surface area (Å²) in [4.78, 5) is 22.6. The first-order valence-corrected chi connectivity index (χ1v) is 10.3. The van der Waals surface area contributed by atoms with E-state index in [1.165, 1.54) is 6.21 Å². The van der Waals surface area contributed by atoms with Gasteiger partial charge in [-0.2, -0.15) is 0 Å². The van der Waals surface area contributed by atoms with Gasteiger partial charge in [0.1, 0.15) is 5.75 Å². The van der Waals surface area contributed by atoms with Crippen molar-refractivity contribution in [1.29, 1.82) is 0 Å². The molecule has 2 unspecified atom stereocenters. The van der Waals surface area contributed by atoms with Gasteiger partial charge in [0.2, 0.25) is 11.7 Å². The smallest absolute Gasteiger partial charge is 0.349 e. The fourth-order valence-corrected chi connectivity index (χ4v) is 3.35. The average molecular weight is 418 g/mol. The zero-order valence-electron chi connectivity index (χ0n) is 17.4. The van der Waals surface area contributed by atoms with Crippen LogP contribution >= 0.6 is 0 Å². The number of rotatable bonds is 11. The Morgan fingerprint density at radius 1 is 1.10 bits per heavy atom. The maximum Gasteiger partial charge on any atom is 0.349 e. The number of ether oxygens (including phenoxy) is 1. The van der Waals surface area contributed by atoms with Gasteiger partial charge in [-0.25, -0.2) is 4.79 Å². The van der Waals surface area contributed by atoms with E-state index in [1.54, 1.807) is 42.7 Å². The van der Waals surface area contributed by atoms with E-state index in [0.29, 0.717) is 17.7 Å². The zero-order chi connectivity index (χ0) is 21.9. The number of benzene rings is 2. The number of carboxylic acid groups (broad SMARTS) is 1. The summed E-state index contributed by atoms with van der Waals surface area (Å²) in [6, 6.07) is 21.8. The highest BCUT2D eigenvalue weighted by Gasteiger charge is 2.49. The van der Waals surface area contributed by atoms with Gasteiger partial charge in [-0.05, 0) is 31.0 Å². The SMILES string of the molecule is CCCCC(ON=Cc1cccnc1)(c1ccccc1)C(Oc1ccccc1)C(=O)O. The number of pyridine rings is 1. The van der Waals surface area contributed by atoms with Crippen LogP contribution in [0.2, 0.25) is 0 Å². The molecule has 0 saturated heterocycles. The molecule has 0 amide bonds. The molecule has 1 N–H and O–H groups in total. The summed E-state index contributed by atoms with van der Waals surface area (Å²) in [5.74, 6) is -0.674. The molecule has 1 heterocycles. The predicted octanol–water partition coefficient (Wildman–Crippen LogP) is 5.05. The van der Waals surface area contributed by atoms with E-state index >= 15 is 0 Å². The maximum atomic E-state index is 12.5. The van der Waals surface area contributed by atoms with Crippen LogP contribution in [0.3, 0.4) is 0 Å². The molecule has 0 saturated carbocycles. The van der Waals surface area contributed by atoms with Crippen LogP contribution in [-0.4, -0.2) is 28.4 Å². The molecule has 3 rings (SSSR count). The minimum atomic E-state index is -1.32. The van der Waals surface area contributed by atoms with Crippen LogP contribution in [0.5, 0.6) is 5.75 Å². The summed E-state index contributed by atoms with van der Waals surface area (Å²) in [5, 5.41) is 14.4. The van der Waals surface area contributed by atoms with Crippen LogP contribution in [0.1, 0.15) is 37.3 Å². The normalized spacial score (nSPS) is 14.0. The van der Waals surface area contributed by atoms with Crippen molar-refractivity contribution in [2.24, 2.45) is 5.16 Å². The Labute approximate surface area is 182 Å². The lowest BCUT2D eigenvalue weighted by molar-refractivity contribution is -0.172.